The fourth-order valence-corrected chi connectivity index (χ4v) is 1.67. The molecule has 1 aromatic carbocycles. The third-order valence-corrected chi connectivity index (χ3v) is 2.56. The maximum absolute atomic E-state index is 13.3. The predicted molar refractivity (Wildman–Crippen MR) is 62.5 cm³/mol. The number of rotatable bonds is 5. The molecular weight excluding hydrogens is 277 g/mol. The van der Waals surface area contributed by atoms with Crippen molar-refractivity contribution >= 4 is 21.8 Å². The van der Waals surface area contributed by atoms with Gasteiger partial charge in [-0.25, -0.2) is 4.39 Å². The Labute approximate surface area is 102 Å². The van der Waals surface area contributed by atoms with E-state index in [1.54, 1.807) is 12.1 Å². The summed E-state index contributed by atoms with van der Waals surface area (Å²) in [4.78, 5) is 11.0. The Kier molecular flexibility index (Phi) is 5.42. The molecule has 0 atom stereocenters. The lowest BCUT2D eigenvalue weighted by Gasteiger charge is -2.05. The van der Waals surface area contributed by atoms with Crippen molar-refractivity contribution in [2.75, 3.05) is 13.2 Å². The summed E-state index contributed by atoms with van der Waals surface area (Å²) in [5, 5.41) is 11.1. The van der Waals surface area contributed by atoms with E-state index < -0.39 is 0 Å². The molecular formula is C11H13BrFNO2. The van der Waals surface area contributed by atoms with Crippen LogP contribution >= 0.6 is 15.9 Å². The molecule has 5 heteroatoms. The highest BCUT2D eigenvalue weighted by Gasteiger charge is 2.04. The summed E-state index contributed by atoms with van der Waals surface area (Å²) < 4.78 is 14.1. The van der Waals surface area contributed by atoms with Gasteiger partial charge in [-0.05, 0) is 30.2 Å². The van der Waals surface area contributed by atoms with Crippen LogP contribution in [0.15, 0.2) is 22.7 Å². The molecule has 0 spiro atoms. The van der Waals surface area contributed by atoms with Gasteiger partial charge in [0.15, 0.2) is 0 Å². The van der Waals surface area contributed by atoms with Gasteiger partial charge in [0, 0.05) is 17.4 Å². The lowest BCUT2D eigenvalue weighted by atomic mass is 10.1. The van der Waals surface area contributed by atoms with Crippen molar-refractivity contribution in [3.05, 3.63) is 34.1 Å². The molecule has 16 heavy (non-hydrogen) atoms. The van der Waals surface area contributed by atoms with Gasteiger partial charge in [-0.2, -0.15) is 0 Å². The standard InChI is InChI=1S/C11H13BrFNO2/c12-9-1-2-10(13)8(7-9)3-5-14-11(16)4-6-15/h1-2,7,15H,3-6H2,(H,14,16). The van der Waals surface area contributed by atoms with Gasteiger partial charge in [0.05, 0.1) is 6.61 Å². The second-order valence-corrected chi connectivity index (χ2v) is 4.22. The number of halogens is 2. The van der Waals surface area contributed by atoms with Crippen LogP contribution in [0, 0.1) is 5.82 Å². The van der Waals surface area contributed by atoms with Gasteiger partial charge >= 0.3 is 0 Å². The van der Waals surface area contributed by atoms with Gasteiger partial charge < -0.3 is 10.4 Å². The summed E-state index contributed by atoms with van der Waals surface area (Å²) in [6.07, 6.45) is 0.517. The monoisotopic (exact) mass is 289 g/mol. The summed E-state index contributed by atoms with van der Waals surface area (Å²) in [6, 6.07) is 4.70. The molecule has 0 radical (unpaired) electrons. The summed E-state index contributed by atoms with van der Waals surface area (Å²) in [5.41, 5.74) is 0.554. The molecule has 1 aromatic rings. The molecule has 88 valence electrons. The van der Waals surface area contributed by atoms with Crippen LogP contribution in [0.25, 0.3) is 0 Å². The first-order valence-electron chi connectivity index (χ1n) is 4.95. The van der Waals surface area contributed by atoms with Gasteiger partial charge in [-0.15, -0.1) is 0 Å². The first-order chi connectivity index (χ1) is 7.63. The Morgan fingerprint density at radius 3 is 2.94 bits per heavy atom. The lowest BCUT2D eigenvalue weighted by molar-refractivity contribution is -0.121. The van der Waals surface area contributed by atoms with Crippen molar-refractivity contribution in [3.63, 3.8) is 0 Å². The molecule has 0 unspecified atom stereocenters. The third kappa shape index (κ3) is 4.28. The van der Waals surface area contributed by atoms with E-state index in [4.69, 9.17) is 5.11 Å². The van der Waals surface area contributed by atoms with E-state index in [0.717, 1.165) is 4.47 Å². The van der Waals surface area contributed by atoms with Gasteiger partial charge in [0.2, 0.25) is 5.91 Å². The molecule has 0 bridgehead atoms. The molecule has 0 saturated heterocycles. The maximum Gasteiger partial charge on any atom is 0.222 e. The van der Waals surface area contributed by atoms with E-state index in [-0.39, 0.29) is 24.8 Å². The van der Waals surface area contributed by atoms with Crippen molar-refractivity contribution in [3.8, 4) is 0 Å². The van der Waals surface area contributed by atoms with Gasteiger partial charge in [-0.1, -0.05) is 15.9 Å². The average molecular weight is 290 g/mol. The number of benzene rings is 1. The van der Waals surface area contributed by atoms with Crippen molar-refractivity contribution in [1.82, 2.24) is 5.32 Å². The minimum absolute atomic E-state index is 0.0843. The number of nitrogens with one attached hydrogen (secondary N) is 1. The van der Waals surface area contributed by atoms with E-state index in [9.17, 15) is 9.18 Å². The van der Waals surface area contributed by atoms with Crippen LogP contribution in [0.2, 0.25) is 0 Å². The molecule has 0 fully saturated rings. The second kappa shape index (κ2) is 6.60. The quantitative estimate of drug-likeness (QED) is 0.866. The van der Waals surface area contributed by atoms with Crippen LogP contribution in [-0.2, 0) is 11.2 Å². The van der Waals surface area contributed by atoms with E-state index >= 15 is 0 Å². The molecule has 1 rings (SSSR count). The van der Waals surface area contributed by atoms with Crippen LogP contribution in [-0.4, -0.2) is 24.2 Å². The largest absolute Gasteiger partial charge is 0.396 e. The number of aliphatic hydroxyl groups is 1. The van der Waals surface area contributed by atoms with Crippen LogP contribution in [0.1, 0.15) is 12.0 Å². The number of hydrogen-bond donors (Lipinski definition) is 2. The molecule has 0 aliphatic heterocycles. The number of carbonyl (C=O) groups is 1. The van der Waals surface area contributed by atoms with E-state index in [1.807, 2.05) is 0 Å². The predicted octanol–water partition coefficient (Wildman–Crippen LogP) is 1.63. The summed E-state index contributed by atoms with van der Waals surface area (Å²) in [5.74, 6) is -0.502. The molecule has 0 aromatic heterocycles. The van der Waals surface area contributed by atoms with Crippen molar-refractivity contribution < 1.29 is 14.3 Å². The van der Waals surface area contributed by atoms with Gasteiger partial charge in [0.1, 0.15) is 5.82 Å². The third-order valence-electron chi connectivity index (χ3n) is 2.06. The first-order valence-corrected chi connectivity index (χ1v) is 5.74. The fraction of sp³-hybridized carbons (Fsp3) is 0.364. The zero-order chi connectivity index (χ0) is 12.0. The van der Waals surface area contributed by atoms with E-state index in [2.05, 4.69) is 21.2 Å². The molecule has 3 nitrogen and oxygen atoms in total. The first kappa shape index (κ1) is 13.1. The minimum Gasteiger partial charge on any atom is -0.396 e. The normalized spacial score (nSPS) is 10.2. The SMILES string of the molecule is O=C(CCO)NCCc1cc(Br)ccc1F. The van der Waals surface area contributed by atoms with Crippen molar-refractivity contribution in [1.29, 1.82) is 0 Å². The highest BCUT2D eigenvalue weighted by Crippen LogP contribution is 2.15. The van der Waals surface area contributed by atoms with Crippen LogP contribution in [0.3, 0.4) is 0 Å². The maximum atomic E-state index is 13.3. The molecule has 0 aliphatic carbocycles. The Bertz CT molecular complexity index is 371. The number of carbonyl (C=O) groups excluding carboxylic acids is 1. The number of hydrogen-bond acceptors (Lipinski definition) is 2. The topological polar surface area (TPSA) is 49.3 Å². The Morgan fingerprint density at radius 2 is 2.25 bits per heavy atom. The van der Waals surface area contributed by atoms with Crippen LogP contribution in [0.4, 0.5) is 4.39 Å². The van der Waals surface area contributed by atoms with Gasteiger partial charge in [-0.3, -0.25) is 4.79 Å². The second-order valence-electron chi connectivity index (χ2n) is 3.31. The smallest absolute Gasteiger partial charge is 0.222 e. The highest BCUT2D eigenvalue weighted by atomic mass is 79.9. The zero-order valence-electron chi connectivity index (χ0n) is 8.67. The summed E-state index contributed by atoms with van der Waals surface area (Å²) in [7, 11) is 0. The Hall–Kier alpha value is -0.940. The van der Waals surface area contributed by atoms with E-state index in [0.29, 0.717) is 18.5 Å². The average Bonchev–Trinajstić information content (AvgIpc) is 2.23. The number of aliphatic hydroxyl groups excluding tert-OH is 1. The fourth-order valence-electron chi connectivity index (χ4n) is 1.26. The highest BCUT2D eigenvalue weighted by molar-refractivity contribution is 9.10. The molecule has 1 amide bonds. The molecule has 2 N–H and O–H groups in total. The lowest BCUT2D eigenvalue weighted by Crippen LogP contribution is -2.26. The molecule has 0 saturated carbocycles. The van der Waals surface area contributed by atoms with E-state index in [1.165, 1.54) is 6.07 Å². The number of amides is 1. The van der Waals surface area contributed by atoms with Crippen LogP contribution in [0.5, 0.6) is 0 Å². The van der Waals surface area contributed by atoms with Crippen molar-refractivity contribution in [2.45, 2.75) is 12.8 Å². The Balaban J connectivity index is 2.42. The van der Waals surface area contributed by atoms with Crippen LogP contribution < -0.4 is 5.32 Å². The molecule has 0 aliphatic rings. The Morgan fingerprint density at radius 1 is 1.50 bits per heavy atom. The zero-order valence-corrected chi connectivity index (χ0v) is 10.3. The minimum atomic E-state index is -0.278. The summed E-state index contributed by atoms with van der Waals surface area (Å²) in [6.45, 7) is 0.198. The summed E-state index contributed by atoms with van der Waals surface area (Å²) >= 11 is 3.25. The van der Waals surface area contributed by atoms with Gasteiger partial charge in [0.25, 0.3) is 0 Å². The van der Waals surface area contributed by atoms with Crippen molar-refractivity contribution in [2.24, 2.45) is 0 Å². The molecule has 0 heterocycles.